The molecule has 0 atom stereocenters. The number of nitrogens with zero attached hydrogens (tertiary/aromatic N) is 4. The highest BCUT2D eigenvalue weighted by atomic mass is 16.3. The molecule has 0 saturated carbocycles. The Kier molecular flexibility index (Phi) is 15.5. The number of aromatic nitrogens is 2. The van der Waals surface area contributed by atoms with Gasteiger partial charge in [-0.25, -0.2) is 0 Å². The van der Waals surface area contributed by atoms with E-state index in [9.17, 15) is 0 Å². The standard InChI is InChI=1S/C110H70N4O2/c1-2-20-77-67-78(46-43-71(77)19-1)75-51-56-84(57-52-75)112(86-60-64-88(65-61-86)114-103-34-14-5-23-91(103)92-24-6-15-35-104(92)114)100-31-11-8-26-94(100)96-29-18-38-107-110(96)98-66-53-81(70-108(98)116-107)80-48-45-76-44-47-79(68-82(76)69-80)74-41-39-72(40-42-74)73-49-54-83(55-50-73)111(85-58-62-87(63-59-85)113-101-32-12-3-21-89(101)90-22-4-13-33-102(90)113)99-30-10-7-25-93(99)95-28-17-37-106-109(95)97-27-9-16-36-105(97)115-106/h1-70H. The summed E-state index contributed by atoms with van der Waals surface area (Å²) in [5.74, 6) is 0. The van der Waals surface area contributed by atoms with Gasteiger partial charge in [0.15, 0.2) is 0 Å². The van der Waals surface area contributed by atoms with Crippen LogP contribution in [0.4, 0.5) is 34.1 Å². The van der Waals surface area contributed by atoms with E-state index >= 15 is 0 Å². The fourth-order valence-electron chi connectivity index (χ4n) is 18.2. The van der Waals surface area contributed by atoms with Crippen LogP contribution in [0.25, 0.3) is 187 Å². The van der Waals surface area contributed by atoms with Crippen molar-refractivity contribution in [2.24, 2.45) is 0 Å². The maximum absolute atomic E-state index is 6.95. The van der Waals surface area contributed by atoms with E-state index in [1.165, 1.54) is 70.7 Å². The van der Waals surface area contributed by atoms with Crippen LogP contribution < -0.4 is 9.80 Å². The largest absolute Gasteiger partial charge is 0.456 e. The molecule has 0 amide bonds. The molecule has 4 aromatic heterocycles. The van der Waals surface area contributed by atoms with Crippen LogP contribution in [0.3, 0.4) is 0 Å². The van der Waals surface area contributed by atoms with E-state index in [2.05, 4.69) is 438 Å². The Morgan fingerprint density at radius 2 is 0.483 bits per heavy atom. The van der Waals surface area contributed by atoms with Gasteiger partial charge in [-0.3, -0.25) is 0 Å². The number of para-hydroxylation sites is 7. The summed E-state index contributed by atoms with van der Waals surface area (Å²) in [7, 11) is 0. The van der Waals surface area contributed by atoms with Gasteiger partial charge in [0, 0.05) is 88.3 Å². The number of rotatable bonds is 14. The number of fused-ring (bicyclic) bond motifs is 14. The summed E-state index contributed by atoms with van der Waals surface area (Å²) >= 11 is 0. The molecule has 6 heteroatoms. The molecule has 0 aliphatic carbocycles. The molecule has 116 heavy (non-hydrogen) atoms. The molecule has 0 spiro atoms. The van der Waals surface area contributed by atoms with Crippen LogP contribution >= 0.6 is 0 Å². The summed E-state index contributed by atoms with van der Waals surface area (Å²) in [4.78, 5) is 4.80. The fourth-order valence-corrected chi connectivity index (χ4v) is 18.2. The molecule has 0 N–H and O–H groups in total. The zero-order valence-corrected chi connectivity index (χ0v) is 63.0. The first kappa shape index (κ1) is 66.3. The lowest BCUT2D eigenvalue weighted by atomic mass is 9.95. The number of anilines is 6. The second-order valence-corrected chi connectivity index (χ2v) is 30.3. The maximum atomic E-state index is 6.95. The van der Waals surface area contributed by atoms with E-state index in [1.807, 2.05) is 6.07 Å². The smallest absolute Gasteiger partial charge is 0.136 e. The predicted molar refractivity (Wildman–Crippen MR) is 487 cm³/mol. The lowest BCUT2D eigenvalue weighted by Gasteiger charge is -2.28. The van der Waals surface area contributed by atoms with Gasteiger partial charge in [0.25, 0.3) is 0 Å². The van der Waals surface area contributed by atoms with Crippen LogP contribution in [0.5, 0.6) is 0 Å². The lowest BCUT2D eigenvalue weighted by molar-refractivity contribution is 0.668. The summed E-state index contributed by atoms with van der Waals surface area (Å²) in [5, 5.41) is 14.1. The van der Waals surface area contributed by atoms with Crippen molar-refractivity contribution in [2.45, 2.75) is 0 Å². The summed E-state index contributed by atoms with van der Waals surface area (Å²) in [6, 6.07) is 154. The molecule has 23 rings (SSSR count). The van der Waals surface area contributed by atoms with Crippen LogP contribution in [0.1, 0.15) is 0 Å². The third-order valence-corrected chi connectivity index (χ3v) is 23.7. The van der Waals surface area contributed by atoms with Crippen molar-refractivity contribution < 1.29 is 8.83 Å². The van der Waals surface area contributed by atoms with Crippen LogP contribution in [-0.2, 0) is 0 Å². The zero-order valence-electron chi connectivity index (χ0n) is 63.0. The van der Waals surface area contributed by atoms with Gasteiger partial charge in [0.05, 0.1) is 33.4 Å². The van der Waals surface area contributed by atoms with E-state index < -0.39 is 0 Å². The Hall–Kier alpha value is -15.5. The van der Waals surface area contributed by atoms with Crippen molar-refractivity contribution in [1.29, 1.82) is 0 Å². The highest BCUT2D eigenvalue weighted by molar-refractivity contribution is 6.17. The normalized spacial score (nSPS) is 11.8. The summed E-state index contributed by atoms with van der Waals surface area (Å²) in [5.41, 5.74) is 30.2. The second kappa shape index (κ2) is 27.2. The average molecular weight is 1480 g/mol. The first-order valence-corrected chi connectivity index (χ1v) is 39.7. The number of hydrogen-bond donors (Lipinski definition) is 0. The van der Waals surface area contributed by atoms with Gasteiger partial charge in [-0.15, -0.1) is 0 Å². The van der Waals surface area contributed by atoms with E-state index in [0.717, 1.165) is 151 Å². The van der Waals surface area contributed by atoms with Crippen molar-refractivity contribution >= 4 is 143 Å². The maximum Gasteiger partial charge on any atom is 0.136 e. The third kappa shape index (κ3) is 11.1. The molecule has 0 aliphatic rings. The van der Waals surface area contributed by atoms with Crippen LogP contribution in [0.2, 0.25) is 0 Å². The zero-order chi connectivity index (χ0) is 76.3. The topological polar surface area (TPSA) is 42.6 Å². The molecule has 4 heterocycles. The minimum absolute atomic E-state index is 0.838. The molecule has 0 bridgehead atoms. The molecule has 23 aromatic rings. The molecule has 0 unspecified atom stereocenters. The van der Waals surface area contributed by atoms with Crippen molar-refractivity contribution in [3.05, 3.63) is 425 Å². The summed E-state index contributed by atoms with van der Waals surface area (Å²) in [6.07, 6.45) is 0. The predicted octanol–water partition coefficient (Wildman–Crippen LogP) is 30.9. The van der Waals surface area contributed by atoms with Gasteiger partial charge in [-0.1, -0.05) is 267 Å². The Morgan fingerprint density at radius 1 is 0.181 bits per heavy atom. The summed E-state index contributed by atoms with van der Waals surface area (Å²) < 4.78 is 18.2. The highest BCUT2D eigenvalue weighted by Gasteiger charge is 2.25. The van der Waals surface area contributed by atoms with E-state index in [0.29, 0.717) is 0 Å². The van der Waals surface area contributed by atoms with Gasteiger partial charge < -0.3 is 27.8 Å². The van der Waals surface area contributed by atoms with Gasteiger partial charge in [0.2, 0.25) is 0 Å². The van der Waals surface area contributed by atoms with Crippen LogP contribution in [0.15, 0.2) is 433 Å². The van der Waals surface area contributed by atoms with Crippen molar-refractivity contribution in [1.82, 2.24) is 9.13 Å². The fraction of sp³-hybridized carbons (Fsp3) is 0. The van der Waals surface area contributed by atoms with Crippen LogP contribution in [-0.4, -0.2) is 9.13 Å². The Morgan fingerprint density at radius 3 is 0.957 bits per heavy atom. The Balaban J connectivity index is 0.555. The molecule has 6 nitrogen and oxygen atoms in total. The first-order valence-electron chi connectivity index (χ1n) is 39.7. The molecule has 0 fully saturated rings. The molecule has 0 radical (unpaired) electrons. The molecular weight excluding hydrogens is 1410 g/mol. The van der Waals surface area contributed by atoms with Gasteiger partial charge in [-0.2, -0.15) is 0 Å². The van der Waals surface area contributed by atoms with Crippen molar-refractivity contribution in [3.63, 3.8) is 0 Å². The minimum atomic E-state index is 0.838. The molecule has 0 aliphatic heterocycles. The number of furan rings is 2. The van der Waals surface area contributed by atoms with Crippen molar-refractivity contribution in [3.8, 4) is 78.1 Å². The van der Waals surface area contributed by atoms with E-state index in [4.69, 9.17) is 8.83 Å². The summed E-state index contributed by atoms with van der Waals surface area (Å²) in [6.45, 7) is 0. The Labute approximate surface area is 669 Å². The van der Waals surface area contributed by atoms with Gasteiger partial charge >= 0.3 is 0 Å². The van der Waals surface area contributed by atoms with Gasteiger partial charge in [-0.05, 0) is 235 Å². The van der Waals surface area contributed by atoms with E-state index in [-0.39, 0.29) is 0 Å². The number of benzene rings is 19. The highest BCUT2D eigenvalue weighted by Crippen LogP contribution is 2.49. The monoisotopic (exact) mass is 1480 g/mol. The first-order chi connectivity index (χ1) is 57.5. The van der Waals surface area contributed by atoms with Gasteiger partial charge in [0.1, 0.15) is 22.3 Å². The average Bonchev–Trinajstić information content (AvgIpc) is 1.48. The quantitative estimate of drug-likeness (QED) is 0.109. The van der Waals surface area contributed by atoms with Crippen molar-refractivity contribution in [2.75, 3.05) is 9.80 Å². The Bertz CT molecular complexity index is 7710. The SMILES string of the molecule is c1ccc(N(c2ccc(-c3ccc(-c4ccc5ccc(-c6ccc7c(c6)oc6cccc(-c8ccccc8N(c8ccc(-c9ccc%10ccccc%10c9)cc8)c8ccc(-n9c%10ccccc%10c%10ccccc%109)cc8)c67)cc5c4)cc3)cc2)c2ccc(-n3c4ccccc4c4ccccc43)cc2)c(-c2cccc3oc4ccccc4c23)c1. The van der Waals surface area contributed by atoms with Crippen LogP contribution in [0, 0.1) is 0 Å². The molecule has 542 valence electrons. The minimum Gasteiger partial charge on any atom is -0.456 e. The van der Waals surface area contributed by atoms with E-state index in [1.54, 1.807) is 0 Å². The molecule has 19 aromatic carbocycles. The second-order valence-electron chi connectivity index (χ2n) is 30.3. The molecular formula is C110H70N4O2. The number of hydrogen-bond acceptors (Lipinski definition) is 4. The third-order valence-electron chi connectivity index (χ3n) is 23.7. The molecule has 0 saturated heterocycles. The lowest BCUT2D eigenvalue weighted by Crippen LogP contribution is -2.11.